The lowest BCUT2D eigenvalue weighted by Gasteiger charge is -2.24. The van der Waals surface area contributed by atoms with Crippen molar-refractivity contribution in [3.05, 3.63) is 267 Å². The van der Waals surface area contributed by atoms with Crippen LogP contribution in [0.4, 0.5) is 0 Å². The molecule has 0 aliphatic rings. The maximum atomic E-state index is 5.46. The summed E-state index contributed by atoms with van der Waals surface area (Å²) in [6, 6.07) is 95.1. The molecule has 310 valence electrons. The third kappa shape index (κ3) is 8.16. The molecule has 11 aromatic rings. The zero-order chi connectivity index (χ0) is 44.1. The van der Waals surface area contributed by atoms with Crippen LogP contribution < -0.4 is 0 Å². The molecule has 0 spiro atoms. The third-order valence-corrected chi connectivity index (χ3v) is 12.3. The van der Waals surface area contributed by atoms with E-state index in [1.54, 1.807) is 0 Å². The maximum absolute atomic E-state index is 5.46. The minimum absolute atomic E-state index is 0.668. The van der Waals surface area contributed by atoms with Crippen molar-refractivity contribution in [3.8, 4) is 112 Å². The molecule has 2 nitrogen and oxygen atoms in total. The molecule has 0 saturated heterocycles. The topological polar surface area (TPSA) is 25.8 Å². The highest BCUT2D eigenvalue weighted by Gasteiger charge is 2.24. The van der Waals surface area contributed by atoms with Crippen molar-refractivity contribution in [2.24, 2.45) is 0 Å². The lowest BCUT2D eigenvalue weighted by Crippen LogP contribution is -1.99. The smallest absolute Gasteiger partial charge is 0.160 e. The van der Waals surface area contributed by atoms with Crippen molar-refractivity contribution in [3.63, 3.8) is 0 Å². The first kappa shape index (κ1) is 40.1. The van der Waals surface area contributed by atoms with Crippen LogP contribution in [0, 0.1) is 0 Å². The predicted octanol–water partition coefficient (Wildman–Crippen LogP) is 17.1. The number of nitrogens with zero attached hydrogens (tertiary/aromatic N) is 2. The third-order valence-electron chi connectivity index (χ3n) is 12.3. The molecule has 0 amide bonds. The number of hydrogen-bond donors (Lipinski definition) is 0. The minimum Gasteiger partial charge on any atom is -0.228 e. The van der Waals surface area contributed by atoms with Crippen LogP contribution in [0.3, 0.4) is 0 Å². The quantitative estimate of drug-likeness (QED) is 0.137. The first-order valence-corrected chi connectivity index (χ1v) is 22.5. The zero-order valence-corrected chi connectivity index (χ0v) is 36.3. The van der Waals surface area contributed by atoms with Crippen molar-refractivity contribution < 1.29 is 0 Å². The highest BCUT2D eigenvalue weighted by molar-refractivity contribution is 6.07. The van der Waals surface area contributed by atoms with Gasteiger partial charge in [0.25, 0.3) is 0 Å². The molecule has 0 aliphatic carbocycles. The summed E-state index contributed by atoms with van der Waals surface area (Å²) in [4.78, 5) is 10.8. The van der Waals surface area contributed by atoms with Crippen molar-refractivity contribution in [1.82, 2.24) is 9.97 Å². The van der Waals surface area contributed by atoms with Gasteiger partial charge in [0.15, 0.2) is 5.82 Å². The first-order valence-electron chi connectivity index (χ1n) is 22.5. The van der Waals surface area contributed by atoms with E-state index in [1.165, 1.54) is 27.8 Å². The maximum Gasteiger partial charge on any atom is 0.160 e. The second kappa shape index (κ2) is 18.2. The number of benzene rings is 10. The average Bonchev–Trinajstić information content (AvgIpc) is 3.41. The van der Waals surface area contributed by atoms with Crippen molar-refractivity contribution in [2.45, 2.75) is 0 Å². The van der Waals surface area contributed by atoms with E-state index in [0.717, 1.165) is 78.1 Å². The Balaban J connectivity index is 1.16. The van der Waals surface area contributed by atoms with Crippen molar-refractivity contribution >= 4 is 0 Å². The van der Waals surface area contributed by atoms with Crippen molar-refractivity contribution in [1.29, 1.82) is 0 Å². The average molecular weight is 841 g/mol. The zero-order valence-electron chi connectivity index (χ0n) is 36.3. The summed E-state index contributed by atoms with van der Waals surface area (Å²) in [6.07, 6.45) is 0. The number of aromatic nitrogens is 2. The monoisotopic (exact) mass is 840 g/mol. The molecule has 0 bridgehead atoms. The molecular weight excluding hydrogens is 797 g/mol. The Hall–Kier alpha value is -8.72. The van der Waals surface area contributed by atoms with E-state index in [1.807, 2.05) is 6.07 Å². The van der Waals surface area contributed by atoms with Gasteiger partial charge in [-0.2, -0.15) is 0 Å². The van der Waals surface area contributed by atoms with E-state index in [4.69, 9.17) is 9.97 Å². The Kier molecular flexibility index (Phi) is 11.0. The van der Waals surface area contributed by atoms with E-state index >= 15 is 0 Å². The molecule has 0 atom stereocenters. The standard InChI is InChI=1S/C64H44N2/c1-8-23-45(24-9-1)54-40-55(46-25-10-2-11-26-46)42-56(41-54)64-65-59(48-29-14-4-15-30-48)44-60(66-64)53-38-22-37-52(39-53)58-43-57(47-27-12-3-13-28-47)61(49-31-16-5-17-32-49)63(51-35-20-7-21-36-51)62(58)50-33-18-6-19-34-50/h1-44H. The van der Waals surface area contributed by atoms with Gasteiger partial charge in [0, 0.05) is 16.7 Å². The Morgan fingerprint density at radius 3 is 0.970 bits per heavy atom. The molecule has 1 heterocycles. The van der Waals surface area contributed by atoms with Gasteiger partial charge in [-0.15, -0.1) is 0 Å². The van der Waals surface area contributed by atoms with Gasteiger partial charge in [0.1, 0.15) is 0 Å². The molecule has 11 rings (SSSR count). The SMILES string of the molecule is c1ccc(-c2cc(-c3ccccc3)cc(-c3nc(-c4ccccc4)cc(-c4cccc(-c5cc(-c6ccccc6)c(-c6ccccc6)c(-c6ccccc6)c5-c5ccccc5)c4)n3)c2)cc1. The van der Waals surface area contributed by atoms with Gasteiger partial charge in [-0.3, -0.25) is 0 Å². The van der Waals surface area contributed by atoms with Gasteiger partial charge in [-0.25, -0.2) is 9.97 Å². The summed E-state index contributed by atoms with van der Waals surface area (Å²) in [7, 11) is 0. The molecule has 0 aliphatic heterocycles. The second-order valence-electron chi connectivity index (χ2n) is 16.5. The number of hydrogen-bond acceptors (Lipinski definition) is 2. The van der Waals surface area contributed by atoms with Crippen LogP contribution in [-0.2, 0) is 0 Å². The normalized spacial score (nSPS) is 11.0. The summed E-state index contributed by atoms with van der Waals surface area (Å²) in [5.41, 5.74) is 20.8. The first-order chi connectivity index (χ1) is 32.7. The fraction of sp³-hybridized carbons (Fsp3) is 0. The van der Waals surface area contributed by atoms with Gasteiger partial charge in [0.2, 0.25) is 0 Å². The lowest BCUT2D eigenvalue weighted by molar-refractivity contribution is 1.18. The van der Waals surface area contributed by atoms with Gasteiger partial charge < -0.3 is 0 Å². The largest absolute Gasteiger partial charge is 0.228 e. The van der Waals surface area contributed by atoms with Crippen LogP contribution in [0.2, 0.25) is 0 Å². The Bertz CT molecular complexity index is 3350. The summed E-state index contributed by atoms with van der Waals surface area (Å²) >= 11 is 0. The van der Waals surface area contributed by atoms with E-state index in [9.17, 15) is 0 Å². The van der Waals surface area contributed by atoms with Crippen LogP contribution in [0.5, 0.6) is 0 Å². The Labute approximate surface area is 386 Å². The summed E-state index contributed by atoms with van der Waals surface area (Å²) in [6.45, 7) is 0. The Morgan fingerprint density at radius 2 is 0.500 bits per heavy atom. The number of rotatable bonds is 10. The highest BCUT2D eigenvalue weighted by atomic mass is 14.9. The van der Waals surface area contributed by atoms with Crippen LogP contribution >= 0.6 is 0 Å². The van der Waals surface area contributed by atoms with Crippen molar-refractivity contribution in [2.75, 3.05) is 0 Å². The summed E-state index contributed by atoms with van der Waals surface area (Å²) < 4.78 is 0. The van der Waals surface area contributed by atoms with Crippen LogP contribution in [-0.4, -0.2) is 9.97 Å². The van der Waals surface area contributed by atoms with E-state index in [-0.39, 0.29) is 0 Å². The van der Waals surface area contributed by atoms with E-state index < -0.39 is 0 Å². The molecule has 0 saturated carbocycles. The summed E-state index contributed by atoms with van der Waals surface area (Å²) in [5.74, 6) is 0.668. The van der Waals surface area contributed by atoms with Gasteiger partial charge >= 0.3 is 0 Å². The summed E-state index contributed by atoms with van der Waals surface area (Å²) in [5, 5.41) is 0. The second-order valence-corrected chi connectivity index (χ2v) is 16.5. The molecule has 0 N–H and O–H groups in total. The van der Waals surface area contributed by atoms with E-state index in [0.29, 0.717) is 5.82 Å². The van der Waals surface area contributed by atoms with Crippen LogP contribution in [0.15, 0.2) is 267 Å². The minimum atomic E-state index is 0.668. The van der Waals surface area contributed by atoms with Gasteiger partial charge in [0.05, 0.1) is 11.4 Å². The molecule has 66 heavy (non-hydrogen) atoms. The fourth-order valence-corrected chi connectivity index (χ4v) is 9.14. The lowest BCUT2D eigenvalue weighted by atomic mass is 9.78. The van der Waals surface area contributed by atoms with E-state index in [2.05, 4.69) is 261 Å². The molecule has 10 aromatic carbocycles. The molecule has 2 heteroatoms. The predicted molar refractivity (Wildman–Crippen MR) is 276 cm³/mol. The molecule has 0 fully saturated rings. The molecule has 0 unspecified atom stereocenters. The Morgan fingerprint density at radius 1 is 0.182 bits per heavy atom. The molecule has 1 aromatic heterocycles. The fourth-order valence-electron chi connectivity index (χ4n) is 9.14. The van der Waals surface area contributed by atoms with Crippen LogP contribution in [0.1, 0.15) is 0 Å². The molecule has 0 radical (unpaired) electrons. The van der Waals surface area contributed by atoms with Gasteiger partial charge in [-0.1, -0.05) is 231 Å². The highest BCUT2D eigenvalue weighted by Crippen LogP contribution is 2.50. The molecular formula is C64H44N2. The van der Waals surface area contributed by atoms with Crippen LogP contribution in [0.25, 0.3) is 112 Å². The van der Waals surface area contributed by atoms with Gasteiger partial charge in [-0.05, 0) is 114 Å².